The minimum Gasteiger partial charge on any atom is -0.475 e. The van der Waals surface area contributed by atoms with Crippen LogP contribution < -0.4 is 10.1 Å². The number of rotatable bonds is 9. The number of anilines is 1. The van der Waals surface area contributed by atoms with Gasteiger partial charge in [0, 0.05) is 25.0 Å². The molecule has 0 amide bonds. The number of nitrogens with zero attached hydrogens (tertiary/aromatic N) is 2. The molecular weight excluding hydrogens is 250 g/mol. The monoisotopic (exact) mass is 271 g/mol. The summed E-state index contributed by atoms with van der Waals surface area (Å²) in [6.07, 6.45) is 2.46. The molecule has 1 aromatic rings. The topological polar surface area (TPSA) is 67.3 Å². The van der Waals surface area contributed by atoms with Crippen molar-refractivity contribution in [2.45, 2.75) is 26.4 Å². The molecule has 1 heterocycles. The van der Waals surface area contributed by atoms with Crippen molar-refractivity contribution in [2.24, 2.45) is 0 Å². The maximum absolute atomic E-state index is 8.64. The van der Waals surface area contributed by atoms with E-state index in [9.17, 15) is 0 Å². The van der Waals surface area contributed by atoms with Crippen molar-refractivity contribution in [1.29, 1.82) is 0 Å². The molecule has 18 heavy (non-hydrogen) atoms. The van der Waals surface area contributed by atoms with E-state index in [0.29, 0.717) is 5.88 Å². The summed E-state index contributed by atoms with van der Waals surface area (Å²) in [6, 6.07) is 1.80. The predicted molar refractivity (Wildman–Crippen MR) is 75.3 cm³/mol. The Morgan fingerprint density at radius 1 is 1.39 bits per heavy atom. The number of ether oxygens (including phenoxy) is 1. The molecule has 0 aliphatic carbocycles. The van der Waals surface area contributed by atoms with Crippen LogP contribution in [-0.4, -0.2) is 45.8 Å². The summed E-state index contributed by atoms with van der Waals surface area (Å²) in [5.74, 6) is 3.35. The third-order valence-corrected chi connectivity index (χ3v) is 3.07. The first-order chi connectivity index (χ1) is 8.72. The number of hydrogen-bond acceptors (Lipinski definition) is 6. The normalized spacial score (nSPS) is 10.7. The van der Waals surface area contributed by atoms with Gasteiger partial charge in [0.05, 0.1) is 6.10 Å². The van der Waals surface area contributed by atoms with E-state index in [0.717, 1.165) is 30.3 Å². The van der Waals surface area contributed by atoms with E-state index in [-0.39, 0.29) is 12.7 Å². The lowest BCUT2D eigenvalue weighted by molar-refractivity contribution is 0.232. The summed E-state index contributed by atoms with van der Waals surface area (Å²) in [7, 11) is 0. The lowest BCUT2D eigenvalue weighted by atomic mass is 10.5. The number of aromatic nitrogens is 2. The van der Waals surface area contributed by atoms with Crippen molar-refractivity contribution >= 4 is 17.6 Å². The molecule has 2 N–H and O–H groups in total. The highest BCUT2D eigenvalue weighted by Crippen LogP contribution is 2.12. The highest BCUT2D eigenvalue weighted by Gasteiger charge is 2.01. The minimum absolute atomic E-state index is 0.113. The third-order valence-electron chi connectivity index (χ3n) is 2.00. The van der Waals surface area contributed by atoms with Gasteiger partial charge in [-0.3, -0.25) is 0 Å². The van der Waals surface area contributed by atoms with Crippen LogP contribution in [0.1, 0.15) is 20.3 Å². The molecule has 0 fully saturated rings. The molecule has 5 nitrogen and oxygen atoms in total. The average molecular weight is 271 g/mol. The molecule has 1 rings (SSSR count). The fraction of sp³-hybridized carbons (Fsp3) is 0.667. The SMILES string of the molecule is CC(C)Oc1cc(NCCSCCCO)ncn1. The van der Waals surface area contributed by atoms with E-state index in [4.69, 9.17) is 9.84 Å². The van der Waals surface area contributed by atoms with E-state index in [1.807, 2.05) is 25.6 Å². The van der Waals surface area contributed by atoms with Crippen LogP contribution in [0.2, 0.25) is 0 Å². The molecule has 0 saturated heterocycles. The van der Waals surface area contributed by atoms with Crippen molar-refractivity contribution in [3.63, 3.8) is 0 Å². The van der Waals surface area contributed by atoms with E-state index < -0.39 is 0 Å². The summed E-state index contributed by atoms with van der Waals surface area (Å²) in [5.41, 5.74) is 0. The lowest BCUT2D eigenvalue weighted by Gasteiger charge is -2.10. The maximum atomic E-state index is 8.64. The first-order valence-corrected chi connectivity index (χ1v) is 7.29. The van der Waals surface area contributed by atoms with Crippen LogP contribution in [0.5, 0.6) is 5.88 Å². The van der Waals surface area contributed by atoms with Gasteiger partial charge in [0.2, 0.25) is 5.88 Å². The first-order valence-electron chi connectivity index (χ1n) is 6.13. The van der Waals surface area contributed by atoms with Crippen molar-refractivity contribution in [1.82, 2.24) is 9.97 Å². The van der Waals surface area contributed by atoms with Gasteiger partial charge in [0.25, 0.3) is 0 Å². The first kappa shape index (κ1) is 15.0. The Kier molecular flexibility index (Phi) is 7.52. The highest BCUT2D eigenvalue weighted by molar-refractivity contribution is 7.99. The molecule has 0 atom stereocenters. The molecule has 0 saturated carbocycles. The molecule has 0 aliphatic rings. The minimum atomic E-state index is 0.113. The number of hydrogen-bond donors (Lipinski definition) is 2. The quantitative estimate of drug-likeness (QED) is 0.668. The van der Waals surface area contributed by atoms with E-state index in [2.05, 4.69) is 15.3 Å². The fourth-order valence-electron chi connectivity index (χ4n) is 1.26. The van der Waals surface area contributed by atoms with Gasteiger partial charge in [0.15, 0.2) is 0 Å². The number of aliphatic hydroxyl groups excluding tert-OH is 1. The fourth-order valence-corrected chi connectivity index (χ4v) is 2.05. The number of nitrogens with one attached hydrogen (secondary N) is 1. The van der Waals surface area contributed by atoms with Gasteiger partial charge >= 0.3 is 0 Å². The van der Waals surface area contributed by atoms with Gasteiger partial charge < -0.3 is 15.2 Å². The number of thioether (sulfide) groups is 1. The zero-order chi connectivity index (χ0) is 13.2. The lowest BCUT2D eigenvalue weighted by Crippen LogP contribution is -2.09. The molecule has 0 aliphatic heterocycles. The van der Waals surface area contributed by atoms with Crippen LogP contribution in [0, 0.1) is 0 Å². The van der Waals surface area contributed by atoms with Gasteiger partial charge in [-0.1, -0.05) is 0 Å². The molecule has 0 spiro atoms. The van der Waals surface area contributed by atoms with Crippen LogP contribution in [0.4, 0.5) is 5.82 Å². The standard InChI is InChI=1S/C12H21N3O2S/c1-10(2)17-12-8-11(14-9-15-12)13-4-7-18-6-3-5-16/h8-10,16H,3-7H2,1-2H3,(H,13,14,15). The zero-order valence-corrected chi connectivity index (χ0v) is 11.7. The molecule has 102 valence electrons. The Labute approximate surface area is 112 Å². The largest absolute Gasteiger partial charge is 0.475 e. The summed E-state index contributed by atoms with van der Waals surface area (Å²) < 4.78 is 5.49. The summed E-state index contributed by atoms with van der Waals surface area (Å²) >= 11 is 1.81. The molecule has 0 aromatic carbocycles. The summed E-state index contributed by atoms with van der Waals surface area (Å²) in [5, 5.41) is 11.9. The zero-order valence-electron chi connectivity index (χ0n) is 10.9. The molecule has 6 heteroatoms. The van der Waals surface area contributed by atoms with Gasteiger partial charge in [0.1, 0.15) is 12.1 Å². The summed E-state index contributed by atoms with van der Waals surface area (Å²) in [4.78, 5) is 8.17. The Bertz CT molecular complexity index is 337. The van der Waals surface area contributed by atoms with E-state index >= 15 is 0 Å². The van der Waals surface area contributed by atoms with Crippen LogP contribution >= 0.6 is 11.8 Å². The Balaban J connectivity index is 2.25. The highest BCUT2D eigenvalue weighted by atomic mass is 32.2. The van der Waals surface area contributed by atoms with Crippen LogP contribution in [0.15, 0.2) is 12.4 Å². The van der Waals surface area contributed by atoms with Gasteiger partial charge in [-0.25, -0.2) is 9.97 Å². The Morgan fingerprint density at radius 2 is 2.22 bits per heavy atom. The smallest absolute Gasteiger partial charge is 0.218 e. The van der Waals surface area contributed by atoms with Crippen molar-refractivity contribution in [3.8, 4) is 5.88 Å². The predicted octanol–water partition coefficient (Wildman–Crippen LogP) is 1.79. The van der Waals surface area contributed by atoms with E-state index in [1.165, 1.54) is 6.33 Å². The molecule has 0 unspecified atom stereocenters. The van der Waals surface area contributed by atoms with E-state index in [1.54, 1.807) is 6.07 Å². The Hall–Kier alpha value is -1.01. The van der Waals surface area contributed by atoms with Crippen LogP contribution in [0.3, 0.4) is 0 Å². The van der Waals surface area contributed by atoms with Crippen molar-refractivity contribution in [2.75, 3.05) is 30.0 Å². The molecule has 0 radical (unpaired) electrons. The molecular formula is C12H21N3O2S. The van der Waals surface area contributed by atoms with Crippen molar-refractivity contribution in [3.05, 3.63) is 12.4 Å². The van der Waals surface area contributed by atoms with Crippen molar-refractivity contribution < 1.29 is 9.84 Å². The number of aliphatic hydroxyl groups is 1. The van der Waals surface area contributed by atoms with Gasteiger partial charge in [-0.2, -0.15) is 11.8 Å². The molecule has 0 bridgehead atoms. The van der Waals surface area contributed by atoms with Crippen LogP contribution in [0.25, 0.3) is 0 Å². The summed E-state index contributed by atoms with van der Waals surface area (Å²) in [6.45, 7) is 5.04. The van der Waals surface area contributed by atoms with Crippen LogP contribution in [-0.2, 0) is 0 Å². The second-order valence-electron chi connectivity index (χ2n) is 4.02. The maximum Gasteiger partial charge on any atom is 0.218 e. The van der Waals surface area contributed by atoms with Gasteiger partial charge in [-0.15, -0.1) is 0 Å². The Morgan fingerprint density at radius 3 is 2.94 bits per heavy atom. The average Bonchev–Trinajstić information content (AvgIpc) is 2.33. The van der Waals surface area contributed by atoms with Gasteiger partial charge in [-0.05, 0) is 26.0 Å². The molecule has 1 aromatic heterocycles. The third kappa shape index (κ3) is 6.66. The second-order valence-corrected chi connectivity index (χ2v) is 5.25. The second kappa shape index (κ2) is 8.99.